The number of rotatable bonds is 8. The van der Waals surface area contributed by atoms with Crippen molar-refractivity contribution in [2.75, 3.05) is 7.11 Å². The third kappa shape index (κ3) is 4.50. The van der Waals surface area contributed by atoms with Crippen LogP contribution in [-0.2, 0) is 11.3 Å². The van der Waals surface area contributed by atoms with E-state index < -0.39 is 0 Å². The van der Waals surface area contributed by atoms with Gasteiger partial charge in [-0.15, -0.1) is 0 Å². The smallest absolute Gasteiger partial charge is 0.249 e. The number of aryl methyl sites for hydroxylation is 1. The van der Waals surface area contributed by atoms with Gasteiger partial charge in [0, 0.05) is 30.9 Å². The molecule has 26 heavy (non-hydrogen) atoms. The summed E-state index contributed by atoms with van der Waals surface area (Å²) in [5, 5.41) is 6.88. The van der Waals surface area contributed by atoms with Crippen molar-refractivity contribution in [1.82, 2.24) is 20.0 Å². The van der Waals surface area contributed by atoms with Crippen LogP contribution in [0.25, 0.3) is 11.4 Å². The molecule has 0 radical (unpaired) electrons. The zero-order valence-corrected chi connectivity index (χ0v) is 14.9. The van der Waals surface area contributed by atoms with Gasteiger partial charge in [-0.1, -0.05) is 17.3 Å². The average molecular weight is 354 g/mol. The molecule has 2 aromatic heterocycles. The molecule has 3 rings (SSSR count). The summed E-state index contributed by atoms with van der Waals surface area (Å²) in [6.07, 6.45) is 5.18. The van der Waals surface area contributed by atoms with Crippen molar-refractivity contribution in [3.05, 3.63) is 54.7 Å². The highest BCUT2D eigenvalue weighted by Crippen LogP contribution is 2.22. The van der Waals surface area contributed by atoms with Crippen molar-refractivity contribution in [3.63, 3.8) is 0 Å². The molecule has 0 bridgehead atoms. The maximum absolute atomic E-state index is 12.1. The highest BCUT2D eigenvalue weighted by atomic mass is 16.5. The maximum atomic E-state index is 12.1. The van der Waals surface area contributed by atoms with Crippen LogP contribution < -0.4 is 10.1 Å². The van der Waals surface area contributed by atoms with Gasteiger partial charge < -0.3 is 19.1 Å². The Bertz CT molecular complexity index is 842. The molecular formula is C19H22N4O3. The maximum Gasteiger partial charge on any atom is 0.249 e. The Kier molecular flexibility index (Phi) is 5.68. The first-order valence-corrected chi connectivity index (χ1v) is 8.54. The van der Waals surface area contributed by atoms with E-state index in [1.165, 1.54) is 0 Å². The fourth-order valence-corrected chi connectivity index (χ4v) is 2.61. The number of methoxy groups -OCH3 is 1. The molecule has 0 saturated heterocycles. The first-order chi connectivity index (χ1) is 12.7. The van der Waals surface area contributed by atoms with Crippen LogP contribution in [0.1, 0.15) is 31.7 Å². The number of nitrogens with zero attached hydrogens (tertiary/aromatic N) is 3. The number of carbonyl (C=O) groups is 1. The first-order valence-electron chi connectivity index (χ1n) is 8.54. The molecule has 0 aliphatic rings. The lowest BCUT2D eigenvalue weighted by molar-refractivity contribution is -0.122. The van der Waals surface area contributed by atoms with Gasteiger partial charge in [0.2, 0.25) is 17.6 Å². The Morgan fingerprint density at radius 2 is 2.12 bits per heavy atom. The van der Waals surface area contributed by atoms with Gasteiger partial charge in [0.15, 0.2) is 0 Å². The molecule has 1 aromatic carbocycles. The number of benzene rings is 1. The highest BCUT2D eigenvalue weighted by molar-refractivity contribution is 5.76. The molecule has 1 N–H and O–H groups in total. The molecule has 0 unspecified atom stereocenters. The lowest BCUT2D eigenvalue weighted by atomic mass is 10.2. The molecule has 0 fully saturated rings. The Hall–Kier alpha value is -3.09. The molecule has 0 aliphatic carbocycles. The van der Waals surface area contributed by atoms with Crippen LogP contribution in [0, 0.1) is 0 Å². The molecular weight excluding hydrogens is 332 g/mol. The Morgan fingerprint density at radius 1 is 1.31 bits per heavy atom. The average Bonchev–Trinajstić information content (AvgIpc) is 3.33. The molecule has 7 heteroatoms. The number of ether oxygens (including phenoxy) is 1. The van der Waals surface area contributed by atoms with Gasteiger partial charge in [-0.3, -0.25) is 4.79 Å². The molecule has 7 nitrogen and oxygen atoms in total. The summed E-state index contributed by atoms with van der Waals surface area (Å²) >= 11 is 0. The number of hydrogen-bond acceptors (Lipinski definition) is 5. The molecule has 1 amide bonds. The molecule has 0 spiro atoms. The second kappa shape index (κ2) is 8.33. The number of amides is 1. The van der Waals surface area contributed by atoms with Gasteiger partial charge in [0.1, 0.15) is 11.8 Å². The van der Waals surface area contributed by atoms with Crippen LogP contribution in [0.5, 0.6) is 5.75 Å². The van der Waals surface area contributed by atoms with E-state index in [-0.39, 0.29) is 11.9 Å². The van der Waals surface area contributed by atoms with E-state index in [0.29, 0.717) is 18.1 Å². The van der Waals surface area contributed by atoms with Crippen molar-refractivity contribution in [1.29, 1.82) is 0 Å². The van der Waals surface area contributed by atoms with Crippen LogP contribution in [0.3, 0.4) is 0 Å². The molecule has 136 valence electrons. The fraction of sp³-hybridized carbons (Fsp3) is 0.316. The number of aromatic nitrogens is 3. The topological polar surface area (TPSA) is 82.2 Å². The fourth-order valence-electron chi connectivity index (χ4n) is 2.61. The van der Waals surface area contributed by atoms with Gasteiger partial charge >= 0.3 is 0 Å². The van der Waals surface area contributed by atoms with Crippen molar-refractivity contribution in [3.8, 4) is 17.1 Å². The molecule has 0 saturated carbocycles. The minimum Gasteiger partial charge on any atom is -0.497 e. The predicted molar refractivity (Wildman–Crippen MR) is 96.5 cm³/mol. The number of nitrogens with one attached hydrogen (secondary N) is 1. The summed E-state index contributed by atoms with van der Waals surface area (Å²) in [5.74, 6) is 1.53. The lowest BCUT2D eigenvalue weighted by Crippen LogP contribution is -2.26. The molecule has 1 atom stereocenters. The van der Waals surface area contributed by atoms with Crippen molar-refractivity contribution >= 4 is 5.91 Å². The van der Waals surface area contributed by atoms with Crippen LogP contribution >= 0.6 is 0 Å². The summed E-state index contributed by atoms with van der Waals surface area (Å²) in [6, 6.07) is 11.0. The minimum atomic E-state index is -0.346. The van der Waals surface area contributed by atoms with Gasteiger partial charge in [0.25, 0.3) is 0 Å². The van der Waals surface area contributed by atoms with Crippen molar-refractivity contribution in [2.45, 2.75) is 32.4 Å². The summed E-state index contributed by atoms with van der Waals surface area (Å²) in [6.45, 7) is 2.64. The van der Waals surface area contributed by atoms with E-state index in [4.69, 9.17) is 9.26 Å². The normalized spacial score (nSPS) is 11.9. The van der Waals surface area contributed by atoms with Gasteiger partial charge in [-0.05, 0) is 37.6 Å². The summed E-state index contributed by atoms with van der Waals surface area (Å²) in [7, 11) is 1.61. The third-order valence-corrected chi connectivity index (χ3v) is 4.00. The zero-order chi connectivity index (χ0) is 18.4. The zero-order valence-electron chi connectivity index (χ0n) is 14.9. The molecule has 3 aromatic rings. The summed E-state index contributed by atoms with van der Waals surface area (Å²) in [4.78, 5) is 16.5. The molecule has 2 heterocycles. The summed E-state index contributed by atoms with van der Waals surface area (Å²) < 4.78 is 12.6. The van der Waals surface area contributed by atoms with Gasteiger partial charge in [-0.2, -0.15) is 4.98 Å². The highest BCUT2D eigenvalue weighted by Gasteiger charge is 2.17. The quantitative estimate of drug-likeness (QED) is 0.672. The largest absolute Gasteiger partial charge is 0.497 e. The monoisotopic (exact) mass is 354 g/mol. The van der Waals surface area contributed by atoms with Crippen LogP contribution in [0.4, 0.5) is 0 Å². The molecule has 0 aliphatic heterocycles. The van der Waals surface area contributed by atoms with E-state index in [1.54, 1.807) is 7.11 Å². The van der Waals surface area contributed by atoms with E-state index in [9.17, 15) is 4.79 Å². The van der Waals surface area contributed by atoms with Crippen molar-refractivity contribution in [2.24, 2.45) is 0 Å². The second-order valence-electron chi connectivity index (χ2n) is 6.00. The van der Waals surface area contributed by atoms with E-state index >= 15 is 0 Å². The Balaban J connectivity index is 1.53. The standard InChI is InChI=1S/C19H22N4O3/c1-14(20-17(24)9-6-12-23-10-3-4-11-23)19-21-18(22-26-19)15-7-5-8-16(13-15)25-2/h3-5,7-8,10-11,13-14H,6,9,12H2,1-2H3,(H,20,24)/t14-/m0/s1. The number of carbonyl (C=O) groups excluding carboxylic acids is 1. The summed E-state index contributed by atoms with van der Waals surface area (Å²) in [5.41, 5.74) is 0.796. The van der Waals surface area contributed by atoms with Crippen molar-refractivity contribution < 1.29 is 14.1 Å². The second-order valence-corrected chi connectivity index (χ2v) is 6.00. The first kappa shape index (κ1) is 17.7. The Labute approximate surface area is 152 Å². The number of hydrogen-bond donors (Lipinski definition) is 1. The predicted octanol–water partition coefficient (Wildman–Crippen LogP) is 3.20. The van der Waals surface area contributed by atoms with E-state index in [1.807, 2.05) is 55.7 Å². The van der Waals surface area contributed by atoms with Crippen LogP contribution in [-0.4, -0.2) is 27.7 Å². The Morgan fingerprint density at radius 3 is 2.88 bits per heavy atom. The lowest BCUT2D eigenvalue weighted by Gasteiger charge is -2.09. The van der Waals surface area contributed by atoms with Gasteiger partial charge in [0.05, 0.1) is 7.11 Å². The van der Waals surface area contributed by atoms with Crippen LogP contribution in [0.2, 0.25) is 0 Å². The SMILES string of the molecule is COc1cccc(-c2noc([C@H](C)NC(=O)CCCn3cccc3)n2)c1. The third-order valence-electron chi connectivity index (χ3n) is 4.00. The minimum absolute atomic E-state index is 0.0363. The van der Waals surface area contributed by atoms with E-state index in [0.717, 1.165) is 24.3 Å². The van der Waals surface area contributed by atoms with E-state index in [2.05, 4.69) is 20.0 Å². The van der Waals surface area contributed by atoms with Crippen LogP contribution in [0.15, 0.2) is 53.3 Å². The van der Waals surface area contributed by atoms with Gasteiger partial charge in [-0.25, -0.2) is 0 Å².